The largest absolute Gasteiger partial charge is 0.353 e. The molecule has 24 heavy (non-hydrogen) atoms. The molecule has 5 nitrogen and oxygen atoms in total. The molecule has 0 radical (unpaired) electrons. The van der Waals surface area contributed by atoms with Gasteiger partial charge in [0.2, 0.25) is 5.91 Å². The first kappa shape index (κ1) is 18.2. The zero-order chi connectivity index (χ0) is 17.4. The molecule has 0 aromatic heterocycles. The minimum Gasteiger partial charge on any atom is -0.353 e. The minimum absolute atomic E-state index is 0.0816. The van der Waals surface area contributed by atoms with Crippen LogP contribution in [-0.2, 0) is 4.79 Å². The molecule has 7 heteroatoms. The van der Waals surface area contributed by atoms with Gasteiger partial charge in [0, 0.05) is 30.3 Å². The number of anilines is 1. The van der Waals surface area contributed by atoms with Gasteiger partial charge in [-0.2, -0.15) is 0 Å². The van der Waals surface area contributed by atoms with Crippen LogP contribution in [-0.4, -0.2) is 24.5 Å². The average molecular weight is 339 g/mol. The number of benzene rings is 1. The normalized spacial score (nSPS) is 15.1. The van der Waals surface area contributed by atoms with Crippen LogP contribution < -0.4 is 16.0 Å². The van der Waals surface area contributed by atoms with Gasteiger partial charge in [0.1, 0.15) is 0 Å². The molecule has 1 aliphatic carbocycles. The summed E-state index contributed by atoms with van der Waals surface area (Å²) in [6.45, 7) is 0.193. The smallest absolute Gasteiger partial charge is 0.319 e. The maximum Gasteiger partial charge on any atom is 0.319 e. The van der Waals surface area contributed by atoms with E-state index in [9.17, 15) is 18.4 Å². The van der Waals surface area contributed by atoms with E-state index in [-0.39, 0.29) is 36.2 Å². The molecule has 1 saturated carbocycles. The van der Waals surface area contributed by atoms with Crippen LogP contribution in [0, 0.1) is 0 Å². The summed E-state index contributed by atoms with van der Waals surface area (Å²) < 4.78 is 25.2. The van der Waals surface area contributed by atoms with Crippen molar-refractivity contribution in [1.29, 1.82) is 0 Å². The molecule has 0 atom stereocenters. The van der Waals surface area contributed by atoms with Gasteiger partial charge >= 0.3 is 6.03 Å². The van der Waals surface area contributed by atoms with Crippen molar-refractivity contribution < 1.29 is 18.4 Å². The first-order valence-electron chi connectivity index (χ1n) is 8.27. The molecule has 0 spiro atoms. The second-order valence-corrected chi connectivity index (χ2v) is 5.96. The van der Waals surface area contributed by atoms with Crippen molar-refractivity contribution in [1.82, 2.24) is 10.6 Å². The van der Waals surface area contributed by atoms with E-state index in [1.54, 1.807) is 0 Å². The Hall–Kier alpha value is -2.18. The first-order chi connectivity index (χ1) is 11.5. The summed E-state index contributed by atoms with van der Waals surface area (Å²) in [7, 11) is 0. The van der Waals surface area contributed by atoms with Gasteiger partial charge in [-0.1, -0.05) is 31.4 Å². The molecule has 3 amide bonds. The molecule has 2 rings (SSSR count). The lowest BCUT2D eigenvalue weighted by Gasteiger charge is -2.22. The third-order valence-electron chi connectivity index (χ3n) is 4.00. The Balaban J connectivity index is 1.67. The fourth-order valence-corrected chi connectivity index (χ4v) is 2.76. The number of amides is 3. The number of halogens is 2. The Kier molecular flexibility index (Phi) is 6.96. The predicted octanol–water partition coefficient (Wildman–Crippen LogP) is 3.58. The Bertz CT molecular complexity index is 561. The lowest BCUT2D eigenvalue weighted by Crippen LogP contribution is -2.38. The van der Waals surface area contributed by atoms with E-state index in [0.717, 1.165) is 25.7 Å². The van der Waals surface area contributed by atoms with Gasteiger partial charge < -0.3 is 16.0 Å². The molecule has 132 valence electrons. The molecule has 0 heterocycles. The fourth-order valence-electron chi connectivity index (χ4n) is 2.76. The highest BCUT2D eigenvalue weighted by Gasteiger charge is 2.15. The van der Waals surface area contributed by atoms with E-state index >= 15 is 0 Å². The molecule has 0 aliphatic heterocycles. The fraction of sp³-hybridized carbons (Fsp3) is 0.529. The van der Waals surface area contributed by atoms with Gasteiger partial charge in [-0.25, -0.2) is 13.6 Å². The Morgan fingerprint density at radius 1 is 1.17 bits per heavy atom. The van der Waals surface area contributed by atoms with Crippen molar-refractivity contribution in [2.24, 2.45) is 0 Å². The highest BCUT2D eigenvalue weighted by molar-refractivity contribution is 5.89. The summed E-state index contributed by atoms with van der Waals surface area (Å²) in [5, 5.41) is 8.00. The number of urea groups is 1. The summed E-state index contributed by atoms with van der Waals surface area (Å²) in [5.41, 5.74) is 0.136. The van der Waals surface area contributed by atoms with E-state index < -0.39 is 12.5 Å². The molecule has 0 unspecified atom stereocenters. The molecule has 1 fully saturated rings. The molecule has 1 aromatic rings. The molecule has 1 aromatic carbocycles. The van der Waals surface area contributed by atoms with Gasteiger partial charge in [-0.15, -0.1) is 0 Å². The van der Waals surface area contributed by atoms with Crippen molar-refractivity contribution >= 4 is 17.6 Å². The summed E-state index contributed by atoms with van der Waals surface area (Å²) in [6, 6.07) is 5.23. The van der Waals surface area contributed by atoms with Crippen LogP contribution in [0.5, 0.6) is 0 Å². The second-order valence-electron chi connectivity index (χ2n) is 5.96. The summed E-state index contributed by atoms with van der Waals surface area (Å²) in [4.78, 5) is 23.5. The number of hydrogen-bond donors (Lipinski definition) is 3. The van der Waals surface area contributed by atoms with E-state index in [4.69, 9.17) is 0 Å². The SMILES string of the molecule is O=C(CCNC(=O)Nc1cccc(C(F)F)c1)NC1CCCCC1. The van der Waals surface area contributed by atoms with Gasteiger partial charge in [0.15, 0.2) is 0 Å². The molecular weight excluding hydrogens is 316 g/mol. The van der Waals surface area contributed by atoms with Crippen molar-refractivity contribution in [3.8, 4) is 0 Å². The van der Waals surface area contributed by atoms with Crippen molar-refractivity contribution in [3.63, 3.8) is 0 Å². The maximum atomic E-state index is 12.6. The molecule has 3 N–H and O–H groups in total. The van der Waals surface area contributed by atoms with Crippen molar-refractivity contribution in [3.05, 3.63) is 29.8 Å². The van der Waals surface area contributed by atoms with Crippen LogP contribution in [0.25, 0.3) is 0 Å². The number of nitrogens with one attached hydrogen (secondary N) is 3. The molecular formula is C17H23F2N3O2. The van der Waals surface area contributed by atoms with Crippen LogP contribution in [0.2, 0.25) is 0 Å². The van der Waals surface area contributed by atoms with Crippen LogP contribution >= 0.6 is 0 Å². The molecule has 0 saturated heterocycles. The lowest BCUT2D eigenvalue weighted by molar-refractivity contribution is -0.121. The summed E-state index contributed by atoms with van der Waals surface area (Å²) in [5.74, 6) is -0.0816. The quantitative estimate of drug-likeness (QED) is 0.741. The number of alkyl halides is 2. The third-order valence-corrected chi connectivity index (χ3v) is 4.00. The standard InChI is InChI=1S/C17H23F2N3O2/c18-16(19)12-5-4-8-14(11-12)22-17(24)20-10-9-15(23)21-13-6-2-1-3-7-13/h4-5,8,11,13,16H,1-3,6-7,9-10H2,(H,21,23)(H2,20,22,24). The Morgan fingerprint density at radius 3 is 2.62 bits per heavy atom. The highest BCUT2D eigenvalue weighted by Crippen LogP contribution is 2.21. The van der Waals surface area contributed by atoms with Gasteiger partial charge in [0.25, 0.3) is 6.43 Å². The Morgan fingerprint density at radius 2 is 1.92 bits per heavy atom. The van der Waals surface area contributed by atoms with Crippen molar-refractivity contribution in [2.45, 2.75) is 51.0 Å². The average Bonchev–Trinajstić information content (AvgIpc) is 2.56. The first-order valence-corrected chi connectivity index (χ1v) is 8.27. The lowest BCUT2D eigenvalue weighted by atomic mass is 9.95. The number of carbonyl (C=O) groups is 2. The topological polar surface area (TPSA) is 70.2 Å². The number of rotatable bonds is 6. The summed E-state index contributed by atoms with van der Waals surface area (Å²) >= 11 is 0. The van der Waals surface area contributed by atoms with Gasteiger partial charge in [-0.3, -0.25) is 4.79 Å². The van der Waals surface area contributed by atoms with E-state index in [1.165, 1.54) is 30.7 Å². The zero-order valence-corrected chi connectivity index (χ0v) is 13.5. The second kappa shape index (κ2) is 9.20. The van der Waals surface area contributed by atoms with Crippen molar-refractivity contribution in [2.75, 3.05) is 11.9 Å². The monoisotopic (exact) mass is 339 g/mol. The van der Waals surface area contributed by atoms with Gasteiger partial charge in [-0.05, 0) is 25.0 Å². The van der Waals surface area contributed by atoms with E-state index in [1.807, 2.05) is 0 Å². The molecule has 1 aliphatic rings. The van der Waals surface area contributed by atoms with Crippen LogP contribution in [0.1, 0.15) is 50.5 Å². The van der Waals surface area contributed by atoms with E-state index in [0.29, 0.717) is 0 Å². The summed E-state index contributed by atoms with van der Waals surface area (Å²) in [6.07, 6.45) is 3.15. The highest BCUT2D eigenvalue weighted by atomic mass is 19.3. The zero-order valence-electron chi connectivity index (χ0n) is 13.5. The van der Waals surface area contributed by atoms with Crippen LogP contribution in [0.4, 0.5) is 19.3 Å². The van der Waals surface area contributed by atoms with Crippen LogP contribution in [0.3, 0.4) is 0 Å². The predicted molar refractivity (Wildman–Crippen MR) is 88.1 cm³/mol. The minimum atomic E-state index is -2.58. The maximum absolute atomic E-state index is 12.6. The van der Waals surface area contributed by atoms with E-state index in [2.05, 4.69) is 16.0 Å². The van der Waals surface area contributed by atoms with Gasteiger partial charge in [0.05, 0.1) is 0 Å². The third kappa shape index (κ3) is 6.14. The number of carbonyl (C=O) groups excluding carboxylic acids is 2. The molecule has 0 bridgehead atoms. The Labute approximate surface area is 140 Å². The number of hydrogen-bond acceptors (Lipinski definition) is 2. The van der Waals surface area contributed by atoms with Crippen LogP contribution in [0.15, 0.2) is 24.3 Å².